The van der Waals surface area contributed by atoms with E-state index >= 15 is 0 Å². The van der Waals surface area contributed by atoms with Crippen LogP contribution in [-0.2, 0) is 11.2 Å². The van der Waals surface area contributed by atoms with Gasteiger partial charge in [-0.25, -0.2) is 0 Å². The number of nitrogens with one attached hydrogen (secondary N) is 1. The first-order valence-electron chi connectivity index (χ1n) is 5.57. The smallest absolute Gasteiger partial charge is 0.238 e. The Hall–Kier alpha value is -1.31. The van der Waals surface area contributed by atoms with Crippen LogP contribution in [0.25, 0.3) is 0 Å². The van der Waals surface area contributed by atoms with Crippen molar-refractivity contribution in [3.05, 3.63) is 21.9 Å². The van der Waals surface area contributed by atoms with E-state index in [4.69, 9.17) is 12.2 Å². The SMILES string of the molecule is C#CCC(N)C(=O)NC(C)Cc1ccc(C)s1. The molecule has 0 aliphatic heterocycles. The number of hydrogen-bond acceptors (Lipinski definition) is 3. The van der Waals surface area contributed by atoms with Crippen molar-refractivity contribution in [2.45, 2.75) is 38.8 Å². The number of hydrogen-bond donors (Lipinski definition) is 2. The van der Waals surface area contributed by atoms with Crippen molar-refractivity contribution < 1.29 is 4.79 Å². The third kappa shape index (κ3) is 4.59. The molecule has 0 fully saturated rings. The van der Waals surface area contributed by atoms with Crippen LogP contribution in [0, 0.1) is 19.3 Å². The van der Waals surface area contributed by atoms with Crippen molar-refractivity contribution in [3.63, 3.8) is 0 Å². The Bertz CT molecular complexity index is 419. The van der Waals surface area contributed by atoms with Gasteiger partial charge in [-0.05, 0) is 26.0 Å². The molecule has 0 aliphatic rings. The van der Waals surface area contributed by atoms with Gasteiger partial charge in [0, 0.05) is 28.6 Å². The monoisotopic (exact) mass is 250 g/mol. The molecule has 1 heterocycles. The maximum atomic E-state index is 11.6. The summed E-state index contributed by atoms with van der Waals surface area (Å²) in [5.41, 5.74) is 5.62. The van der Waals surface area contributed by atoms with Crippen molar-refractivity contribution in [1.29, 1.82) is 0 Å². The highest BCUT2D eigenvalue weighted by Crippen LogP contribution is 2.16. The average molecular weight is 250 g/mol. The number of rotatable bonds is 5. The normalized spacial score (nSPS) is 13.8. The molecule has 4 heteroatoms. The molecule has 3 nitrogen and oxygen atoms in total. The summed E-state index contributed by atoms with van der Waals surface area (Å²) in [6.07, 6.45) is 6.22. The number of nitrogens with two attached hydrogens (primary N) is 1. The molecule has 0 radical (unpaired) electrons. The molecular weight excluding hydrogens is 232 g/mol. The zero-order chi connectivity index (χ0) is 12.8. The minimum atomic E-state index is -0.604. The van der Waals surface area contributed by atoms with E-state index < -0.39 is 6.04 Å². The molecule has 17 heavy (non-hydrogen) atoms. The summed E-state index contributed by atoms with van der Waals surface area (Å²) in [6, 6.07) is 3.64. The first kappa shape index (κ1) is 13.8. The highest BCUT2D eigenvalue weighted by Gasteiger charge is 2.15. The van der Waals surface area contributed by atoms with E-state index in [0.717, 1.165) is 6.42 Å². The largest absolute Gasteiger partial charge is 0.352 e. The number of terminal acetylenes is 1. The van der Waals surface area contributed by atoms with Gasteiger partial charge < -0.3 is 11.1 Å². The van der Waals surface area contributed by atoms with Crippen LogP contribution in [-0.4, -0.2) is 18.0 Å². The Balaban J connectivity index is 2.42. The summed E-state index contributed by atoms with van der Waals surface area (Å²) in [5, 5.41) is 2.87. The fraction of sp³-hybridized carbons (Fsp3) is 0.462. The van der Waals surface area contributed by atoms with Crippen LogP contribution in [0.1, 0.15) is 23.1 Å². The Morgan fingerprint density at radius 3 is 2.88 bits per heavy atom. The van der Waals surface area contributed by atoms with Gasteiger partial charge >= 0.3 is 0 Å². The van der Waals surface area contributed by atoms with Gasteiger partial charge in [-0.1, -0.05) is 0 Å². The van der Waals surface area contributed by atoms with Gasteiger partial charge in [-0.3, -0.25) is 4.79 Å². The lowest BCUT2D eigenvalue weighted by molar-refractivity contribution is -0.122. The van der Waals surface area contributed by atoms with Crippen molar-refractivity contribution in [3.8, 4) is 12.3 Å². The molecule has 0 aliphatic carbocycles. The Morgan fingerprint density at radius 1 is 1.65 bits per heavy atom. The second-order valence-electron chi connectivity index (χ2n) is 4.14. The lowest BCUT2D eigenvalue weighted by atomic mass is 10.1. The molecule has 92 valence electrons. The van der Waals surface area contributed by atoms with Gasteiger partial charge in [0.15, 0.2) is 0 Å². The van der Waals surface area contributed by atoms with Crippen LogP contribution < -0.4 is 11.1 Å². The number of amides is 1. The minimum Gasteiger partial charge on any atom is -0.352 e. The Kier molecular flexibility index (Phi) is 5.20. The second kappa shape index (κ2) is 6.43. The average Bonchev–Trinajstić information content (AvgIpc) is 2.64. The number of thiophene rings is 1. The zero-order valence-corrected chi connectivity index (χ0v) is 11.0. The highest BCUT2D eigenvalue weighted by molar-refractivity contribution is 7.11. The Morgan fingerprint density at radius 2 is 2.35 bits per heavy atom. The molecule has 2 atom stereocenters. The van der Waals surface area contributed by atoms with E-state index in [2.05, 4.69) is 30.3 Å². The van der Waals surface area contributed by atoms with Crippen molar-refractivity contribution in [2.24, 2.45) is 5.73 Å². The zero-order valence-electron chi connectivity index (χ0n) is 10.2. The topological polar surface area (TPSA) is 55.1 Å². The van der Waals surface area contributed by atoms with Crippen molar-refractivity contribution in [2.75, 3.05) is 0 Å². The van der Waals surface area contributed by atoms with E-state index in [-0.39, 0.29) is 18.4 Å². The number of carbonyl (C=O) groups excluding carboxylic acids is 1. The Labute approximate surface area is 106 Å². The molecule has 0 saturated heterocycles. The molecule has 0 saturated carbocycles. The maximum Gasteiger partial charge on any atom is 0.238 e. The first-order chi connectivity index (χ1) is 8.02. The quantitative estimate of drug-likeness (QED) is 0.777. The maximum absolute atomic E-state index is 11.6. The number of aryl methyl sites for hydroxylation is 1. The van der Waals surface area contributed by atoms with Crippen LogP contribution >= 0.6 is 11.3 Å². The molecule has 0 bridgehead atoms. The summed E-state index contributed by atoms with van der Waals surface area (Å²) in [4.78, 5) is 14.2. The highest BCUT2D eigenvalue weighted by atomic mass is 32.1. The minimum absolute atomic E-state index is 0.0735. The van der Waals surface area contributed by atoms with Crippen LogP contribution in [0.5, 0.6) is 0 Å². The van der Waals surface area contributed by atoms with Crippen LogP contribution in [0.3, 0.4) is 0 Å². The second-order valence-corrected chi connectivity index (χ2v) is 5.51. The fourth-order valence-electron chi connectivity index (χ4n) is 1.52. The molecule has 1 rings (SSSR count). The lowest BCUT2D eigenvalue weighted by Gasteiger charge is -2.15. The van der Waals surface area contributed by atoms with Gasteiger partial charge in [0.2, 0.25) is 5.91 Å². The summed E-state index contributed by atoms with van der Waals surface area (Å²) in [6.45, 7) is 4.04. The molecule has 1 aromatic heterocycles. The van der Waals surface area contributed by atoms with E-state index in [0.29, 0.717) is 0 Å². The molecule has 1 aromatic rings. The summed E-state index contributed by atoms with van der Waals surface area (Å²) >= 11 is 1.75. The lowest BCUT2D eigenvalue weighted by Crippen LogP contribution is -2.44. The third-order valence-electron chi connectivity index (χ3n) is 2.37. The molecule has 1 amide bonds. The van der Waals surface area contributed by atoms with Gasteiger partial charge in [0.05, 0.1) is 6.04 Å². The molecule has 3 N–H and O–H groups in total. The van der Waals surface area contributed by atoms with Gasteiger partial charge in [0.25, 0.3) is 0 Å². The van der Waals surface area contributed by atoms with Gasteiger partial charge in [-0.2, -0.15) is 0 Å². The molecule has 0 spiro atoms. The van der Waals surface area contributed by atoms with Crippen LogP contribution in [0.15, 0.2) is 12.1 Å². The van der Waals surface area contributed by atoms with Crippen LogP contribution in [0.2, 0.25) is 0 Å². The summed E-state index contributed by atoms with van der Waals surface area (Å²) in [5.74, 6) is 2.21. The summed E-state index contributed by atoms with van der Waals surface area (Å²) < 4.78 is 0. The van der Waals surface area contributed by atoms with E-state index in [1.165, 1.54) is 9.75 Å². The number of carbonyl (C=O) groups is 1. The predicted octanol–water partition coefficient (Wildman–Crippen LogP) is 1.45. The van der Waals surface area contributed by atoms with E-state index in [1.54, 1.807) is 11.3 Å². The van der Waals surface area contributed by atoms with Gasteiger partial charge in [0.1, 0.15) is 0 Å². The summed E-state index contributed by atoms with van der Waals surface area (Å²) in [7, 11) is 0. The van der Waals surface area contributed by atoms with E-state index in [1.807, 2.05) is 6.92 Å². The first-order valence-corrected chi connectivity index (χ1v) is 6.39. The van der Waals surface area contributed by atoms with Crippen molar-refractivity contribution >= 4 is 17.2 Å². The molecule has 0 aromatic carbocycles. The van der Waals surface area contributed by atoms with Crippen molar-refractivity contribution in [1.82, 2.24) is 5.32 Å². The fourth-order valence-corrected chi connectivity index (χ4v) is 2.54. The standard InChI is InChI=1S/C13H18N2OS/c1-4-5-12(14)13(16)15-9(2)8-11-7-6-10(3)17-11/h1,6-7,9,12H,5,8,14H2,2-3H3,(H,15,16). The predicted molar refractivity (Wildman–Crippen MR) is 71.8 cm³/mol. The molecular formula is C13H18N2OS. The van der Waals surface area contributed by atoms with Gasteiger partial charge in [-0.15, -0.1) is 23.7 Å². The van der Waals surface area contributed by atoms with E-state index in [9.17, 15) is 4.79 Å². The third-order valence-corrected chi connectivity index (χ3v) is 3.39. The van der Waals surface area contributed by atoms with Crippen LogP contribution in [0.4, 0.5) is 0 Å². The molecule has 2 unspecified atom stereocenters.